The molecule has 158 valence electrons. The van der Waals surface area contributed by atoms with Crippen molar-refractivity contribution in [2.45, 2.75) is 43.7 Å². The zero-order valence-electron chi connectivity index (χ0n) is 16.3. The van der Waals surface area contributed by atoms with Crippen LogP contribution < -0.4 is 4.72 Å². The highest BCUT2D eigenvalue weighted by atomic mass is 32.2. The van der Waals surface area contributed by atoms with Gasteiger partial charge in [-0.05, 0) is 73.3 Å². The summed E-state index contributed by atoms with van der Waals surface area (Å²) in [5.41, 5.74) is 1.86. The number of nitrogens with zero attached hydrogens (tertiary/aromatic N) is 1. The van der Waals surface area contributed by atoms with E-state index in [0.717, 1.165) is 75.1 Å². The average molecular weight is 427 g/mol. The van der Waals surface area contributed by atoms with Crippen LogP contribution in [0.4, 0.5) is 18.9 Å². The molecule has 0 atom stereocenters. The number of alkyl halides is 3. The number of unbranched alkanes of at least 4 members (excludes halogenated alkanes) is 1. The molecule has 0 aromatic heterocycles. The number of anilines is 1. The van der Waals surface area contributed by atoms with Crippen LogP contribution >= 0.6 is 0 Å². The fourth-order valence-electron chi connectivity index (χ4n) is 3.48. The van der Waals surface area contributed by atoms with E-state index >= 15 is 0 Å². The third-order valence-corrected chi connectivity index (χ3v) is 6.57. The van der Waals surface area contributed by atoms with Crippen molar-refractivity contribution in [2.75, 3.05) is 24.4 Å². The minimum absolute atomic E-state index is 0.203. The summed E-state index contributed by atoms with van der Waals surface area (Å²) in [7, 11) is -3.96. The molecule has 0 spiro atoms. The second-order valence-corrected chi connectivity index (χ2v) is 8.99. The zero-order valence-corrected chi connectivity index (χ0v) is 17.1. The van der Waals surface area contributed by atoms with E-state index in [1.54, 1.807) is 6.07 Å². The van der Waals surface area contributed by atoms with Crippen LogP contribution in [-0.4, -0.2) is 33.0 Å². The van der Waals surface area contributed by atoms with E-state index in [9.17, 15) is 21.6 Å². The highest BCUT2D eigenvalue weighted by Crippen LogP contribution is 2.30. The van der Waals surface area contributed by atoms with Crippen LogP contribution in [0, 0.1) is 0 Å². The van der Waals surface area contributed by atoms with Crippen molar-refractivity contribution in [1.82, 2.24) is 4.90 Å². The second-order valence-electron chi connectivity index (χ2n) is 7.31. The molecule has 0 aliphatic carbocycles. The van der Waals surface area contributed by atoms with E-state index in [2.05, 4.69) is 16.5 Å². The molecule has 2 aromatic rings. The van der Waals surface area contributed by atoms with Gasteiger partial charge in [-0.3, -0.25) is 4.72 Å². The molecule has 0 saturated carbocycles. The molecule has 1 N–H and O–H groups in total. The van der Waals surface area contributed by atoms with Crippen LogP contribution in [0.2, 0.25) is 0 Å². The Morgan fingerprint density at radius 3 is 2.28 bits per heavy atom. The molecular formula is C21H25F3N2O2S. The molecule has 4 nitrogen and oxygen atoms in total. The molecule has 3 rings (SSSR count). The predicted molar refractivity (Wildman–Crippen MR) is 107 cm³/mol. The predicted octanol–water partition coefficient (Wildman–Crippen LogP) is 4.71. The highest BCUT2D eigenvalue weighted by Gasteiger charge is 2.30. The third-order valence-electron chi connectivity index (χ3n) is 5.17. The van der Waals surface area contributed by atoms with Gasteiger partial charge in [-0.2, -0.15) is 13.2 Å². The first-order valence-corrected chi connectivity index (χ1v) is 11.2. The van der Waals surface area contributed by atoms with Gasteiger partial charge in [-0.25, -0.2) is 8.42 Å². The fraction of sp³-hybridized carbons (Fsp3) is 0.429. The minimum atomic E-state index is -4.50. The van der Waals surface area contributed by atoms with Gasteiger partial charge in [-0.1, -0.05) is 19.4 Å². The van der Waals surface area contributed by atoms with Crippen LogP contribution in [0.3, 0.4) is 0 Å². The van der Waals surface area contributed by atoms with Crippen LogP contribution in [0.15, 0.2) is 47.4 Å². The van der Waals surface area contributed by atoms with E-state index in [1.807, 2.05) is 12.1 Å². The summed E-state index contributed by atoms with van der Waals surface area (Å²) in [6.07, 6.45) is -0.425. The summed E-state index contributed by atoms with van der Waals surface area (Å²) in [5.74, 6) is 0. The smallest absolute Gasteiger partial charge is 0.303 e. The van der Waals surface area contributed by atoms with E-state index in [-0.39, 0.29) is 4.90 Å². The molecule has 8 heteroatoms. The molecule has 0 amide bonds. The molecule has 1 aliphatic heterocycles. The number of halogens is 3. The van der Waals surface area contributed by atoms with Crippen molar-refractivity contribution in [2.24, 2.45) is 0 Å². The first-order valence-electron chi connectivity index (χ1n) is 9.73. The number of sulfonamides is 1. The third kappa shape index (κ3) is 5.51. The maximum Gasteiger partial charge on any atom is 0.416 e. The topological polar surface area (TPSA) is 49.4 Å². The van der Waals surface area contributed by atoms with Gasteiger partial charge >= 0.3 is 6.18 Å². The number of rotatable bonds is 6. The van der Waals surface area contributed by atoms with E-state index in [4.69, 9.17) is 0 Å². The standard InChI is InChI=1S/C21H25F3N2O2S/c1-2-3-12-26-13-10-16-4-7-19(15-17(16)11-14-26)25-29(27,28)20-8-5-18(6-9-20)21(22,23)24/h4-9,15,25H,2-3,10-14H2,1H3. The molecule has 0 radical (unpaired) electrons. The van der Waals surface area contributed by atoms with Crippen LogP contribution in [-0.2, 0) is 29.0 Å². The molecule has 0 bridgehead atoms. The van der Waals surface area contributed by atoms with Crippen molar-refractivity contribution in [1.29, 1.82) is 0 Å². The zero-order chi connectivity index (χ0) is 21.1. The molecular weight excluding hydrogens is 401 g/mol. The van der Waals surface area contributed by atoms with Crippen molar-refractivity contribution in [3.63, 3.8) is 0 Å². The molecule has 0 saturated heterocycles. The van der Waals surface area contributed by atoms with Crippen LogP contribution in [0.5, 0.6) is 0 Å². The van der Waals surface area contributed by atoms with E-state index in [1.165, 1.54) is 5.56 Å². The van der Waals surface area contributed by atoms with E-state index in [0.29, 0.717) is 5.69 Å². The fourth-order valence-corrected chi connectivity index (χ4v) is 4.53. The Morgan fingerprint density at radius 1 is 1.00 bits per heavy atom. The number of benzene rings is 2. The Labute approximate surface area is 169 Å². The molecule has 1 aliphatic rings. The number of hydrogen-bond acceptors (Lipinski definition) is 3. The largest absolute Gasteiger partial charge is 0.416 e. The molecule has 0 unspecified atom stereocenters. The minimum Gasteiger partial charge on any atom is -0.303 e. The van der Waals surface area contributed by atoms with E-state index < -0.39 is 21.8 Å². The first-order chi connectivity index (χ1) is 13.7. The summed E-state index contributed by atoms with van der Waals surface area (Å²) in [4.78, 5) is 2.22. The highest BCUT2D eigenvalue weighted by molar-refractivity contribution is 7.92. The Morgan fingerprint density at radius 2 is 1.66 bits per heavy atom. The number of hydrogen-bond donors (Lipinski definition) is 1. The number of fused-ring (bicyclic) bond motifs is 1. The van der Waals surface area contributed by atoms with Gasteiger partial charge in [0, 0.05) is 18.8 Å². The Kier molecular flexibility index (Phi) is 6.53. The SMILES string of the molecule is CCCCN1CCc2ccc(NS(=O)(=O)c3ccc(C(F)(F)F)cc3)cc2CC1. The van der Waals surface area contributed by atoms with Crippen molar-refractivity contribution in [3.8, 4) is 0 Å². The summed E-state index contributed by atoms with van der Waals surface area (Å²) >= 11 is 0. The van der Waals surface area contributed by atoms with Gasteiger partial charge in [-0.15, -0.1) is 0 Å². The van der Waals surface area contributed by atoms with Crippen molar-refractivity contribution in [3.05, 3.63) is 59.2 Å². The summed E-state index contributed by atoms with van der Waals surface area (Å²) in [5, 5.41) is 0. The lowest BCUT2D eigenvalue weighted by atomic mass is 10.0. The maximum absolute atomic E-state index is 12.7. The Hall–Kier alpha value is -2.06. The summed E-state index contributed by atoms with van der Waals surface area (Å²) in [6, 6.07) is 8.97. The molecule has 0 fully saturated rings. The normalized spacial score (nSPS) is 15.6. The maximum atomic E-state index is 12.7. The Bertz CT molecular complexity index is 941. The second kappa shape index (κ2) is 8.75. The molecule has 1 heterocycles. The number of nitrogens with one attached hydrogen (secondary N) is 1. The molecule has 2 aromatic carbocycles. The van der Waals surface area contributed by atoms with Gasteiger partial charge in [0.25, 0.3) is 10.0 Å². The monoisotopic (exact) mass is 426 g/mol. The van der Waals surface area contributed by atoms with Gasteiger partial charge in [0.05, 0.1) is 10.5 Å². The van der Waals surface area contributed by atoms with Gasteiger partial charge in [0.15, 0.2) is 0 Å². The summed E-state index contributed by atoms with van der Waals surface area (Å²) < 4.78 is 65.7. The van der Waals surface area contributed by atoms with Gasteiger partial charge < -0.3 is 4.90 Å². The van der Waals surface area contributed by atoms with Crippen LogP contribution in [0.1, 0.15) is 36.5 Å². The lowest BCUT2D eigenvalue weighted by Crippen LogP contribution is -2.27. The van der Waals surface area contributed by atoms with Gasteiger partial charge in [0.2, 0.25) is 0 Å². The van der Waals surface area contributed by atoms with Crippen molar-refractivity contribution >= 4 is 15.7 Å². The lowest BCUT2D eigenvalue weighted by molar-refractivity contribution is -0.137. The van der Waals surface area contributed by atoms with Crippen molar-refractivity contribution < 1.29 is 21.6 Å². The van der Waals surface area contributed by atoms with Crippen LogP contribution in [0.25, 0.3) is 0 Å². The first kappa shape index (κ1) is 21.6. The lowest BCUT2D eigenvalue weighted by Gasteiger charge is -2.18. The summed E-state index contributed by atoms with van der Waals surface area (Å²) in [6.45, 7) is 5.16. The van der Waals surface area contributed by atoms with Gasteiger partial charge in [0.1, 0.15) is 0 Å². The average Bonchev–Trinajstić information content (AvgIpc) is 2.87. The Balaban J connectivity index is 1.73. The molecule has 29 heavy (non-hydrogen) atoms. The quantitative estimate of drug-likeness (QED) is 0.728.